The summed E-state index contributed by atoms with van der Waals surface area (Å²) in [5, 5.41) is 1.69. The van der Waals surface area contributed by atoms with Crippen LogP contribution in [-0.2, 0) is 0 Å². The first-order valence-corrected chi connectivity index (χ1v) is 5.47. The van der Waals surface area contributed by atoms with Crippen molar-refractivity contribution in [3.05, 3.63) is 57.0 Å². The second kappa shape index (κ2) is 4.13. The fourth-order valence-electron chi connectivity index (χ4n) is 1.20. The van der Waals surface area contributed by atoms with Gasteiger partial charge in [-0.3, -0.25) is 4.79 Å². The number of carbonyl (C=O) groups is 1. The van der Waals surface area contributed by atoms with E-state index >= 15 is 0 Å². The molecule has 0 fully saturated rings. The molecule has 0 bridgehead atoms. The fourth-order valence-corrected chi connectivity index (χ4v) is 2.06. The Morgan fingerprint density at radius 1 is 1.20 bits per heavy atom. The molecule has 0 N–H and O–H groups in total. The van der Waals surface area contributed by atoms with E-state index in [0.29, 0.717) is 15.5 Å². The third kappa shape index (κ3) is 2.25. The average molecular weight is 241 g/mol. The molecule has 0 aliphatic heterocycles. The number of halogens is 2. The number of carbonyl (C=O) groups excluding carboxylic acids is 1. The highest BCUT2D eigenvalue weighted by molar-refractivity contribution is 7.14. The van der Waals surface area contributed by atoms with Crippen molar-refractivity contribution in [2.45, 2.75) is 0 Å². The number of rotatable bonds is 2. The van der Waals surface area contributed by atoms with E-state index in [-0.39, 0.29) is 11.6 Å². The van der Waals surface area contributed by atoms with E-state index in [9.17, 15) is 9.18 Å². The first kappa shape index (κ1) is 10.3. The molecule has 76 valence electrons. The van der Waals surface area contributed by atoms with Gasteiger partial charge in [0.05, 0.1) is 4.34 Å². The molecule has 0 radical (unpaired) electrons. The van der Waals surface area contributed by atoms with Gasteiger partial charge in [-0.05, 0) is 30.3 Å². The maximum Gasteiger partial charge on any atom is 0.193 e. The van der Waals surface area contributed by atoms with Gasteiger partial charge in [0.15, 0.2) is 5.78 Å². The summed E-state index contributed by atoms with van der Waals surface area (Å²) in [5.74, 6) is -0.493. The number of hydrogen-bond acceptors (Lipinski definition) is 2. The van der Waals surface area contributed by atoms with Crippen molar-refractivity contribution in [1.82, 2.24) is 0 Å². The minimum Gasteiger partial charge on any atom is -0.289 e. The summed E-state index contributed by atoms with van der Waals surface area (Å²) in [4.78, 5) is 11.8. The number of hydrogen-bond donors (Lipinski definition) is 0. The molecule has 0 spiro atoms. The van der Waals surface area contributed by atoms with Crippen molar-refractivity contribution in [2.75, 3.05) is 0 Å². The maximum atomic E-state index is 12.6. The smallest absolute Gasteiger partial charge is 0.193 e. The van der Waals surface area contributed by atoms with Crippen molar-refractivity contribution < 1.29 is 9.18 Å². The summed E-state index contributed by atoms with van der Waals surface area (Å²) >= 11 is 7.02. The topological polar surface area (TPSA) is 17.1 Å². The molecule has 1 heterocycles. The molecular formula is C11H6ClFOS. The molecule has 1 nitrogen and oxygen atoms in total. The Labute approximate surface area is 95.1 Å². The highest BCUT2D eigenvalue weighted by atomic mass is 35.5. The van der Waals surface area contributed by atoms with Gasteiger partial charge in [-0.1, -0.05) is 11.6 Å². The van der Waals surface area contributed by atoms with Crippen LogP contribution in [0.3, 0.4) is 0 Å². The van der Waals surface area contributed by atoms with Crippen molar-refractivity contribution in [1.29, 1.82) is 0 Å². The average Bonchev–Trinajstić information content (AvgIpc) is 2.65. The maximum absolute atomic E-state index is 12.6. The lowest BCUT2D eigenvalue weighted by atomic mass is 10.1. The zero-order valence-electron chi connectivity index (χ0n) is 7.54. The van der Waals surface area contributed by atoms with Crippen LogP contribution in [0.1, 0.15) is 15.9 Å². The molecule has 2 aromatic rings. The molecule has 0 saturated carbocycles. The van der Waals surface area contributed by atoms with Crippen LogP contribution in [-0.4, -0.2) is 5.78 Å². The molecule has 0 aliphatic rings. The lowest BCUT2D eigenvalue weighted by Gasteiger charge is -1.97. The first-order chi connectivity index (χ1) is 7.16. The molecule has 2 rings (SSSR count). The molecule has 1 aromatic heterocycles. The minimum atomic E-state index is -0.352. The van der Waals surface area contributed by atoms with E-state index in [0.717, 1.165) is 0 Å². The van der Waals surface area contributed by atoms with E-state index in [1.807, 2.05) is 0 Å². The summed E-state index contributed by atoms with van der Waals surface area (Å²) in [7, 11) is 0. The van der Waals surface area contributed by atoms with E-state index in [1.165, 1.54) is 35.6 Å². The van der Waals surface area contributed by atoms with Gasteiger partial charge in [-0.2, -0.15) is 0 Å². The molecule has 1 aromatic carbocycles. The standard InChI is InChI=1S/C11H6ClFOS/c12-10-5-8(6-15-10)11(14)7-1-3-9(13)4-2-7/h1-6H. The summed E-state index contributed by atoms with van der Waals surface area (Å²) in [5.41, 5.74) is 1.00. The number of ketones is 1. The molecule has 4 heteroatoms. The Hall–Kier alpha value is -1.19. The van der Waals surface area contributed by atoms with Crippen molar-refractivity contribution in [3.8, 4) is 0 Å². The van der Waals surface area contributed by atoms with Gasteiger partial charge in [0, 0.05) is 16.5 Å². The van der Waals surface area contributed by atoms with Gasteiger partial charge in [0.1, 0.15) is 5.82 Å². The third-order valence-corrected chi connectivity index (χ3v) is 3.03. The van der Waals surface area contributed by atoms with Crippen LogP contribution in [0.4, 0.5) is 4.39 Å². The summed E-state index contributed by atoms with van der Waals surface area (Å²) in [6, 6.07) is 7.06. The fraction of sp³-hybridized carbons (Fsp3) is 0. The Morgan fingerprint density at radius 3 is 2.40 bits per heavy atom. The predicted molar refractivity (Wildman–Crippen MR) is 59.2 cm³/mol. The minimum absolute atomic E-state index is 0.141. The van der Waals surface area contributed by atoms with Crippen molar-refractivity contribution in [3.63, 3.8) is 0 Å². The molecule has 0 atom stereocenters. The summed E-state index contributed by atoms with van der Waals surface area (Å²) < 4.78 is 13.2. The van der Waals surface area contributed by atoms with Gasteiger partial charge in [-0.25, -0.2) is 4.39 Å². The molecule has 15 heavy (non-hydrogen) atoms. The van der Waals surface area contributed by atoms with Crippen LogP contribution >= 0.6 is 22.9 Å². The number of thiophene rings is 1. The molecule has 0 saturated heterocycles. The second-order valence-electron chi connectivity index (χ2n) is 2.98. The molecule has 0 amide bonds. The van der Waals surface area contributed by atoms with Crippen LogP contribution in [0, 0.1) is 5.82 Å². The zero-order chi connectivity index (χ0) is 10.8. The number of benzene rings is 1. The predicted octanol–water partition coefficient (Wildman–Crippen LogP) is 3.77. The van der Waals surface area contributed by atoms with Crippen LogP contribution < -0.4 is 0 Å². The Kier molecular flexibility index (Phi) is 2.84. The first-order valence-electron chi connectivity index (χ1n) is 4.21. The van der Waals surface area contributed by atoms with Crippen LogP contribution in [0.15, 0.2) is 35.7 Å². The van der Waals surface area contributed by atoms with Gasteiger partial charge in [0.25, 0.3) is 0 Å². The van der Waals surface area contributed by atoms with Gasteiger partial charge >= 0.3 is 0 Å². The monoisotopic (exact) mass is 240 g/mol. The van der Waals surface area contributed by atoms with Gasteiger partial charge in [-0.15, -0.1) is 11.3 Å². The van der Waals surface area contributed by atoms with Crippen molar-refractivity contribution in [2.24, 2.45) is 0 Å². The molecular weight excluding hydrogens is 235 g/mol. The van der Waals surface area contributed by atoms with Gasteiger partial charge in [0.2, 0.25) is 0 Å². The highest BCUT2D eigenvalue weighted by Crippen LogP contribution is 2.22. The second-order valence-corrected chi connectivity index (χ2v) is 4.52. The van der Waals surface area contributed by atoms with E-state index in [2.05, 4.69) is 0 Å². The summed E-state index contributed by atoms with van der Waals surface area (Å²) in [6.07, 6.45) is 0. The van der Waals surface area contributed by atoms with Crippen LogP contribution in [0.25, 0.3) is 0 Å². The quantitative estimate of drug-likeness (QED) is 0.731. The van der Waals surface area contributed by atoms with Crippen LogP contribution in [0.2, 0.25) is 4.34 Å². The van der Waals surface area contributed by atoms with Crippen molar-refractivity contribution >= 4 is 28.7 Å². The Morgan fingerprint density at radius 2 is 1.87 bits per heavy atom. The van der Waals surface area contributed by atoms with E-state index in [1.54, 1.807) is 11.4 Å². The molecule has 0 aliphatic carbocycles. The summed E-state index contributed by atoms with van der Waals surface area (Å²) in [6.45, 7) is 0. The lowest BCUT2D eigenvalue weighted by Crippen LogP contribution is -1.98. The largest absolute Gasteiger partial charge is 0.289 e. The normalized spacial score (nSPS) is 10.3. The third-order valence-electron chi connectivity index (χ3n) is 1.94. The van der Waals surface area contributed by atoms with E-state index < -0.39 is 0 Å². The zero-order valence-corrected chi connectivity index (χ0v) is 9.11. The molecule has 0 unspecified atom stereocenters. The van der Waals surface area contributed by atoms with Crippen LogP contribution in [0.5, 0.6) is 0 Å². The highest BCUT2D eigenvalue weighted by Gasteiger charge is 2.10. The Bertz CT molecular complexity index is 490. The van der Waals surface area contributed by atoms with E-state index in [4.69, 9.17) is 11.6 Å². The SMILES string of the molecule is O=C(c1ccc(F)cc1)c1csc(Cl)c1. The van der Waals surface area contributed by atoms with Gasteiger partial charge < -0.3 is 0 Å². The Balaban J connectivity index is 2.32. The lowest BCUT2D eigenvalue weighted by molar-refractivity contribution is 0.103.